The number of aryl methyl sites for hydroxylation is 1. The maximum absolute atomic E-state index is 11.9. The first-order valence-corrected chi connectivity index (χ1v) is 6.10. The maximum Gasteiger partial charge on any atom is 0.326 e. The Morgan fingerprint density at radius 2 is 2.18 bits per heavy atom. The van der Waals surface area contributed by atoms with E-state index in [0.29, 0.717) is 11.0 Å². The summed E-state index contributed by atoms with van der Waals surface area (Å²) in [5, 5.41) is 9.19. The maximum atomic E-state index is 11.9. The van der Waals surface area contributed by atoms with Gasteiger partial charge >= 0.3 is 5.97 Å². The molecule has 1 atom stereocenters. The minimum atomic E-state index is -1.00. The zero-order chi connectivity index (χ0) is 13.2. The quantitative estimate of drug-likeness (QED) is 0.923. The van der Waals surface area contributed by atoms with Gasteiger partial charge in [-0.25, -0.2) is 9.78 Å². The largest absolute Gasteiger partial charge is 0.480 e. The summed E-state index contributed by atoms with van der Waals surface area (Å²) in [5.74, 6) is -0.812. The molecule has 5 nitrogen and oxygen atoms in total. The lowest BCUT2D eigenvalue weighted by Gasteiger charge is -2.18. The van der Waals surface area contributed by atoms with Crippen molar-refractivity contribution < 1.29 is 9.90 Å². The lowest BCUT2D eigenvalue weighted by Crippen LogP contribution is -2.32. The zero-order valence-corrected chi connectivity index (χ0v) is 11.6. The second kappa shape index (κ2) is 5.44. The van der Waals surface area contributed by atoms with E-state index in [-0.39, 0.29) is 17.2 Å². The van der Waals surface area contributed by atoms with Crippen molar-refractivity contribution in [3.8, 4) is 0 Å². The molecule has 1 N–H and O–H groups in total. The zero-order valence-electron chi connectivity index (χ0n) is 9.98. The van der Waals surface area contributed by atoms with Crippen LogP contribution in [0.5, 0.6) is 0 Å². The molecule has 0 aromatic carbocycles. The van der Waals surface area contributed by atoms with Crippen LogP contribution in [-0.4, -0.2) is 20.6 Å². The van der Waals surface area contributed by atoms with E-state index in [1.807, 2.05) is 13.8 Å². The first kappa shape index (κ1) is 13.9. The lowest BCUT2D eigenvalue weighted by atomic mass is 10.0. The lowest BCUT2D eigenvalue weighted by molar-refractivity contribution is -0.141. The van der Waals surface area contributed by atoms with Crippen molar-refractivity contribution in [2.75, 3.05) is 0 Å². The Morgan fingerprint density at radius 3 is 2.65 bits per heavy atom. The number of halogens is 1. The van der Waals surface area contributed by atoms with Gasteiger partial charge in [-0.05, 0) is 35.2 Å². The predicted molar refractivity (Wildman–Crippen MR) is 67.1 cm³/mol. The van der Waals surface area contributed by atoms with Crippen LogP contribution < -0.4 is 5.56 Å². The van der Waals surface area contributed by atoms with Gasteiger partial charge in [-0.3, -0.25) is 9.36 Å². The monoisotopic (exact) mass is 302 g/mol. The van der Waals surface area contributed by atoms with Crippen LogP contribution in [-0.2, 0) is 4.79 Å². The van der Waals surface area contributed by atoms with Crippen LogP contribution in [0, 0.1) is 12.8 Å². The second-order valence-electron chi connectivity index (χ2n) is 4.35. The van der Waals surface area contributed by atoms with Gasteiger partial charge < -0.3 is 5.11 Å². The van der Waals surface area contributed by atoms with E-state index in [1.54, 1.807) is 6.92 Å². The SMILES string of the molecule is Cc1nc(Br)cn(C(CC(C)C)C(=O)O)c1=O. The van der Waals surface area contributed by atoms with Gasteiger partial charge in [-0.2, -0.15) is 0 Å². The van der Waals surface area contributed by atoms with Gasteiger partial charge in [0, 0.05) is 6.20 Å². The van der Waals surface area contributed by atoms with Crippen molar-refractivity contribution in [2.24, 2.45) is 5.92 Å². The number of hydrogen-bond acceptors (Lipinski definition) is 3. The van der Waals surface area contributed by atoms with Gasteiger partial charge in [0.1, 0.15) is 16.3 Å². The Hall–Kier alpha value is -1.17. The van der Waals surface area contributed by atoms with Crippen LogP contribution in [0.2, 0.25) is 0 Å². The molecule has 0 bridgehead atoms. The summed E-state index contributed by atoms with van der Waals surface area (Å²) in [6, 6.07) is -0.847. The first-order chi connectivity index (χ1) is 7.82. The molecule has 17 heavy (non-hydrogen) atoms. The second-order valence-corrected chi connectivity index (χ2v) is 5.16. The smallest absolute Gasteiger partial charge is 0.326 e. The van der Waals surface area contributed by atoms with E-state index in [2.05, 4.69) is 20.9 Å². The van der Waals surface area contributed by atoms with Crippen LogP contribution in [0.4, 0.5) is 0 Å². The molecular weight excluding hydrogens is 288 g/mol. The third kappa shape index (κ3) is 3.39. The molecular formula is C11H15BrN2O3. The highest BCUT2D eigenvalue weighted by molar-refractivity contribution is 9.10. The average Bonchev–Trinajstić information content (AvgIpc) is 2.19. The number of carboxylic acid groups (broad SMARTS) is 1. The van der Waals surface area contributed by atoms with Crippen LogP contribution in [0.3, 0.4) is 0 Å². The topological polar surface area (TPSA) is 72.2 Å². The summed E-state index contributed by atoms with van der Waals surface area (Å²) in [7, 11) is 0. The highest BCUT2D eigenvalue weighted by Crippen LogP contribution is 2.17. The summed E-state index contributed by atoms with van der Waals surface area (Å²) >= 11 is 3.17. The number of carboxylic acids is 1. The molecule has 0 fully saturated rings. The summed E-state index contributed by atoms with van der Waals surface area (Å²) in [6.07, 6.45) is 1.83. The fourth-order valence-electron chi connectivity index (χ4n) is 1.61. The van der Waals surface area contributed by atoms with E-state index < -0.39 is 12.0 Å². The molecule has 0 radical (unpaired) electrons. The Bertz CT molecular complexity index is 482. The molecule has 0 saturated carbocycles. The highest BCUT2D eigenvalue weighted by atomic mass is 79.9. The van der Waals surface area contributed by atoms with Crippen LogP contribution in [0.25, 0.3) is 0 Å². The molecule has 0 saturated heterocycles. The van der Waals surface area contributed by atoms with E-state index >= 15 is 0 Å². The van der Waals surface area contributed by atoms with Gasteiger partial charge in [0.2, 0.25) is 0 Å². The van der Waals surface area contributed by atoms with Crippen molar-refractivity contribution in [3.63, 3.8) is 0 Å². The molecule has 0 aliphatic heterocycles. The summed E-state index contributed by atoms with van der Waals surface area (Å²) in [5.41, 5.74) is -0.0735. The number of rotatable bonds is 4. The summed E-state index contributed by atoms with van der Waals surface area (Å²) in [6.45, 7) is 5.41. The molecule has 6 heteroatoms. The van der Waals surface area contributed by atoms with Crippen molar-refractivity contribution in [2.45, 2.75) is 33.2 Å². The molecule has 1 rings (SSSR count). The number of nitrogens with zero attached hydrogens (tertiary/aromatic N) is 2. The fraction of sp³-hybridized carbons (Fsp3) is 0.545. The Labute approximate surface area is 108 Å². The standard InChI is InChI=1S/C11H15BrN2O3/c1-6(2)4-8(11(16)17)14-5-9(12)13-7(3)10(14)15/h5-6,8H,4H2,1-3H3,(H,16,17). The van der Waals surface area contributed by atoms with E-state index in [0.717, 1.165) is 0 Å². The number of carbonyl (C=O) groups is 1. The first-order valence-electron chi connectivity index (χ1n) is 5.31. The van der Waals surface area contributed by atoms with Crippen LogP contribution in [0.15, 0.2) is 15.6 Å². The van der Waals surface area contributed by atoms with Gasteiger partial charge in [-0.15, -0.1) is 0 Å². The van der Waals surface area contributed by atoms with E-state index in [4.69, 9.17) is 0 Å². The molecule has 0 amide bonds. The molecule has 1 unspecified atom stereocenters. The Morgan fingerprint density at radius 1 is 1.59 bits per heavy atom. The third-order valence-corrected chi connectivity index (χ3v) is 2.76. The number of hydrogen-bond donors (Lipinski definition) is 1. The molecule has 0 aliphatic carbocycles. The summed E-state index contributed by atoms with van der Waals surface area (Å²) < 4.78 is 1.69. The number of aliphatic carboxylic acids is 1. The molecule has 94 valence electrons. The van der Waals surface area contributed by atoms with Crippen molar-refractivity contribution in [1.82, 2.24) is 9.55 Å². The van der Waals surface area contributed by atoms with Gasteiger partial charge in [0.25, 0.3) is 5.56 Å². The minimum Gasteiger partial charge on any atom is -0.480 e. The normalized spacial score (nSPS) is 12.8. The fourth-order valence-corrected chi connectivity index (χ4v) is 2.10. The van der Waals surface area contributed by atoms with Gasteiger partial charge in [0.05, 0.1) is 0 Å². The minimum absolute atomic E-state index is 0.190. The third-order valence-electron chi connectivity index (χ3n) is 2.38. The van der Waals surface area contributed by atoms with Gasteiger partial charge in [-0.1, -0.05) is 13.8 Å². The van der Waals surface area contributed by atoms with Crippen molar-refractivity contribution in [3.05, 3.63) is 26.8 Å². The molecule has 1 heterocycles. The van der Waals surface area contributed by atoms with Crippen LogP contribution >= 0.6 is 15.9 Å². The molecule has 0 aliphatic rings. The van der Waals surface area contributed by atoms with Crippen molar-refractivity contribution >= 4 is 21.9 Å². The Kier molecular flexibility index (Phi) is 4.45. The summed E-state index contributed by atoms with van der Waals surface area (Å²) in [4.78, 5) is 27.0. The van der Waals surface area contributed by atoms with Crippen LogP contribution in [0.1, 0.15) is 32.0 Å². The highest BCUT2D eigenvalue weighted by Gasteiger charge is 2.23. The Balaban J connectivity index is 3.28. The van der Waals surface area contributed by atoms with Crippen molar-refractivity contribution in [1.29, 1.82) is 0 Å². The number of aromatic nitrogens is 2. The molecule has 1 aromatic rings. The molecule has 1 aromatic heterocycles. The molecule has 0 spiro atoms. The predicted octanol–water partition coefficient (Wildman–Crippen LogP) is 1.99. The average molecular weight is 303 g/mol. The van der Waals surface area contributed by atoms with Gasteiger partial charge in [0.15, 0.2) is 0 Å². The van der Waals surface area contributed by atoms with E-state index in [1.165, 1.54) is 10.8 Å². The van der Waals surface area contributed by atoms with E-state index in [9.17, 15) is 14.7 Å².